The number of halogens is 1. The monoisotopic (exact) mass is 409 g/mol. The first kappa shape index (κ1) is 20.4. The van der Waals surface area contributed by atoms with Gasteiger partial charge in [0, 0.05) is 0 Å². The Labute approximate surface area is 161 Å². The Kier molecular flexibility index (Phi) is 5.87. The van der Waals surface area contributed by atoms with Crippen LogP contribution < -0.4 is 11.0 Å². The first-order chi connectivity index (χ1) is 13.8. The van der Waals surface area contributed by atoms with Crippen molar-refractivity contribution in [2.24, 2.45) is 0 Å². The molecule has 154 valence electrons. The van der Waals surface area contributed by atoms with Crippen molar-refractivity contribution in [3.8, 4) is 0 Å². The van der Waals surface area contributed by atoms with E-state index in [4.69, 9.17) is 14.6 Å². The van der Waals surface area contributed by atoms with Crippen LogP contribution in [-0.2, 0) is 20.9 Å². The number of aliphatic hydroxyl groups excluding tert-OH is 2. The normalized spacial score (nSPS) is 23.6. The zero-order chi connectivity index (χ0) is 21.1. The molecule has 2 heterocycles. The summed E-state index contributed by atoms with van der Waals surface area (Å²) in [5.41, 5.74) is -0.475. The average molecular weight is 409 g/mol. The zero-order valence-corrected chi connectivity index (χ0v) is 14.6. The smallest absolute Gasteiger partial charge is 0.413 e. The first-order valence-electron chi connectivity index (χ1n) is 8.28. The molecule has 29 heavy (non-hydrogen) atoms. The van der Waals surface area contributed by atoms with Gasteiger partial charge in [0.15, 0.2) is 24.0 Å². The number of carbonyl (C=O) groups excluding carboxylic acids is 1. The third-order valence-corrected chi connectivity index (χ3v) is 4.10. The van der Waals surface area contributed by atoms with Crippen molar-refractivity contribution in [1.82, 2.24) is 9.55 Å². The van der Waals surface area contributed by atoms with Gasteiger partial charge in [-0.05, 0) is 5.56 Å². The Morgan fingerprint density at radius 3 is 2.55 bits per heavy atom. The van der Waals surface area contributed by atoms with Gasteiger partial charge in [-0.25, -0.2) is 18.8 Å². The van der Waals surface area contributed by atoms with E-state index in [0.717, 1.165) is 0 Å². The van der Waals surface area contributed by atoms with E-state index in [1.54, 1.807) is 30.3 Å². The second-order valence-corrected chi connectivity index (χ2v) is 6.08. The number of aromatic nitrogens is 2. The Morgan fingerprint density at radius 1 is 1.24 bits per heavy atom. The second-order valence-electron chi connectivity index (χ2n) is 6.08. The summed E-state index contributed by atoms with van der Waals surface area (Å²) in [6.07, 6.45) is -7.64. The number of hydrogen-bond donors (Lipinski definition) is 4. The van der Waals surface area contributed by atoms with Crippen molar-refractivity contribution in [3.05, 3.63) is 58.4 Å². The number of carbonyl (C=O) groups is 2. The van der Waals surface area contributed by atoms with E-state index in [1.165, 1.54) is 0 Å². The summed E-state index contributed by atoms with van der Waals surface area (Å²) in [6, 6.07) is 8.67. The van der Waals surface area contributed by atoms with Crippen LogP contribution in [0.1, 0.15) is 11.8 Å². The maximum atomic E-state index is 14.3. The lowest BCUT2D eigenvalue weighted by Crippen LogP contribution is -2.37. The molecule has 4 atom stereocenters. The molecule has 3 rings (SSSR count). The number of ether oxygens (including phenoxy) is 2. The SMILES string of the molecule is O=C(Nc1nc(=O)n([C@@H]2O[C@H](C(=O)O)[C@@H](O)[C@H]2O)cc1F)OCc1ccccc1. The minimum Gasteiger partial charge on any atom is -0.479 e. The molecule has 12 heteroatoms. The fraction of sp³-hybridized carbons (Fsp3) is 0.294. The molecule has 1 saturated heterocycles. The maximum Gasteiger partial charge on any atom is 0.413 e. The number of nitrogens with zero attached hydrogens (tertiary/aromatic N) is 2. The van der Waals surface area contributed by atoms with Crippen LogP contribution in [0.4, 0.5) is 15.0 Å². The van der Waals surface area contributed by atoms with Gasteiger partial charge in [-0.15, -0.1) is 0 Å². The van der Waals surface area contributed by atoms with E-state index in [1.807, 2.05) is 5.32 Å². The summed E-state index contributed by atoms with van der Waals surface area (Å²) in [6.45, 7) is -0.0953. The molecule has 0 bridgehead atoms. The highest BCUT2D eigenvalue weighted by Crippen LogP contribution is 2.29. The van der Waals surface area contributed by atoms with Gasteiger partial charge in [-0.1, -0.05) is 30.3 Å². The molecule has 1 fully saturated rings. The predicted molar refractivity (Wildman–Crippen MR) is 92.3 cm³/mol. The van der Waals surface area contributed by atoms with Gasteiger partial charge in [0.2, 0.25) is 0 Å². The van der Waals surface area contributed by atoms with Crippen LogP contribution in [0.15, 0.2) is 41.3 Å². The highest BCUT2D eigenvalue weighted by atomic mass is 19.1. The molecular formula is C17H16FN3O8. The Morgan fingerprint density at radius 2 is 1.93 bits per heavy atom. The molecule has 0 spiro atoms. The van der Waals surface area contributed by atoms with Gasteiger partial charge >= 0.3 is 17.8 Å². The molecule has 1 aromatic heterocycles. The van der Waals surface area contributed by atoms with Crippen molar-refractivity contribution in [2.45, 2.75) is 31.1 Å². The van der Waals surface area contributed by atoms with Crippen LogP contribution in [0.5, 0.6) is 0 Å². The summed E-state index contributed by atoms with van der Waals surface area (Å²) in [4.78, 5) is 38.3. The topological polar surface area (TPSA) is 160 Å². The molecule has 0 radical (unpaired) electrons. The molecule has 4 N–H and O–H groups in total. The maximum absolute atomic E-state index is 14.3. The van der Waals surface area contributed by atoms with Gasteiger partial charge in [-0.2, -0.15) is 4.98 Å². The number of hydrogen-bond acceptors (Lipinski definition) is 8. The molecule has 1 aliphatic rings. The van der Waals surface area contributed by atoms with Gasteiger partial charge < -0.3 is 24.8 Å². The Balaban J connectivity index is 1.72. The van der Waals surface area contributed by atoms with Crippen LogP contribution in [0.3, 0.4) is 0 Å². The van der Waals surface area contributed by atoms with Gasteiger partial charge in [0.25, 0.3) is 0 Å². The molecular weight excluding hydrogens is 393 g/mol. The largest absolute Gasteiger partial charge is 0.479 e. The van der Waals surface area contributed by atoms with Crippen molar-refractivity contribution in [1.29, 1.82) is 0 Å². The number of aliphatic hydroxyl groups is 2. The first-order valence-corrected chi connectivity index (χ1v) is 8.28. The summed E-state index contributed by atoms with van der Waals surface area (Å²) in [5, 5.41) is 30.5. The lowest BCUT2D eigenvalue weighted by Gasteiger charge is -2.17. The molecule has 1 amide bonds. The number of benzene rings is 1. The molecule has 0 saturated carbocycles. The molecule has 0 aliphatic carbocycles. The fourth-order valence-corrected chi connectivity index (χ4v) is 2.66. The Hall–Kier alpha value is -3.35. The molecule has 0 unspecified atom stereocenters. The third-order valence-electron chi connectivity index (χ3n) is 4.10. The van der Waals surface area contributed by atoms with Crippen LogP contribution in [0, 0.1) is 5.82 Å². The summed E-state index contributed by atoms with van der Waals surface area (Å²) >= 11 is 0. The van der Waals surface area contributed by atoms with E-state index in [2.05, 4.69) is 4.98 Å². The average Bonchev–Trinajstić information content (AvgIpc) is 2.99. The van der Waals surface area contributed by atoms with Gasteiger partial charge in [-0.3, -0.25) is 9.88 Å². The number of rotatable bonds is 5. The second kappa shape index (κ2) is 8.34. The van der Waals surface area contributed by atoms with E-state index in [-0.39, 0.29) is 6.61 Å². The lowest BCUT2D eigenvalue weighted by atomic mass is 10.1. The van der Waals surface area contributed by atoms with Crippen molar-refractivity contribution in [3.63, 3.8) is 0 Å². The van der Waals surface area contributed by atoms with E-state index in [9.17, 15) is 29.0 Å². The standard InChI is InChI=1S/C17H16FN3O8/c18-9-6-21(14-11(23)10(22)12(29-14)15(24)25)16(26)19-13(9)20-17(27)28-7-8-4-2-1-3-5-8/h1-6,10-12,14,22-23H,7H2,(H,24,25)(H,19,20,26,27)/t10-,11+,12-,14+/m0/s1. The summed E-state index contributed by atoms with van der Waals surface area (Å²) in [5.74, 6) is -3.47. The predicted octanol–water partition coefficient (Wildman–Crippen LogP) is -0.165. The number of nitrogens with one attached hydrogen (secondary N) is 1. The Bertz CT molecular complexity index is 967. The third kappa shape index (κ3) is 4.39. The van der Waals surface area contributed by atoms with Crippen molar-refractivity contribution < 1.29 is 38.8 Å². The van der Waals surface area contributed by atoms with E-state index in [0.29, 0.717) is 16.3 Å². The van der Waals surface area contributed by atoms with Crippen LogP contribution in [-0.4, -0.2) is 55.2 Å². The number of anilines is 1. The van der Waals surface area contributed by atoms with E-state index < -0.39 is 53.9 Å². The van der Waals surface area contributed by atoms with Gasteiger partial charge in [0.05, 0.1) is 6.20 Å². The molecule has 11 nitrogen and oxygen atoms in total. The van der Waals surface area contributed by atoms with Crippen LogP contribution in [0.25, 0.3) is 0 Å². The van der Waals surface area contributed by atoms with Crippen molar-refractivity contribution in [2.75, 3.05) is 5.32 Å². The zero-order valence-electron chi connectivity index (χ0n) is 14.6. The summed E-state index contributed by atoms with van der Waals surface area (Å²) < 4.78 is 24.6. The molecule has 1 aliphatic heterocycles. The van der Waals surface area contributed by atoms with Crippen LogP contribution >= 0.6 is 0 Å². The number of carboxylic acid groups (broad SMARTS) is 1. The number of carboxylic acids is 1. The van der Waals surface area contributed by atoms with E-state index >= 15 is 0 Å². The minimum absolute atomic E-state index is 0.0953. The number of amides is 1. The molecule has 1 aromatic carbocycles. The quantitative estimate of drug-likeness (QED) is 0.526. The number of aliphatic carboxylic acids is 1. The van der Waals surface area contributed by atoms with Crippen molar-refractivity contribution >= 4 is 17.9 Å². The fourth-order valence-electron chi connectivity index (χ4n) is 2.66. The summed E-state index contributed by atoms with van der Waals surface area (Å²) in [7, 11) is 0. The highest BCUT2D eigenvalue weighted by Gasteiger charge is 2.48. The molecule has 2 aromatic rings. The highest BCUT2D eigenvalue weighted by molar-refractivity contribution is 5.83. The lowest BCUT2D eigenvalue weighted by molar-refractivity contribution is -0.155. The van der Waals surface area contributed by atoms with Gasteiger partial charge in [0.1, 0.15) is 18.8 Å². The minimum atomic E-state index is -1.83. The van der Waals surface area contributed by atoms with Crippen LogP contribution in [0.2, 0.25) is 0 Å².